The van der Waals surface area contributed by atoms with Crippen LogP contribution in [0.25, 0.3) is 0 Å². The van der Waals surface area contributed by atoms with Gasteiger partial charge in [0.05, 0.1) is 19.3 Å². The van der Waals surface area contributed by atoms with Gasteiger partial charge in [-0.25, -0.2) is 3.07 Å². The Morgan fingerprint density at radius 1 is 1.26 bits per heavy atom. The molecule has 2 unspecified atom stereocenters. The highest BCUT2D eigenvalue weighted by molar-refractivity contribution is 14.1. The summed E-state index contributed by atoms with van der Waals surface area (Å²) < 4.78 is 27.5. The molecule has 1 N–H and O–H groups in total. The highest BCUT2D eigenvalue weighted by atomic mass is 127. The molecule has 2 atom stereocenters. The van der Waals surface area contributed by atoms with Gasteiger partial charge in [-0.1, -0.05) is 17.1 Å². The molecule has 0 aliphatic rings. The number of aliphatic hydroxyl groups excluding tert-OH is 1. The van der Waals surface area contributed by atoms with Crippen molar-refractivity contribution in [2.24, 2.45) is 5.92 Å². The van der Waals surface area contributed by atoms with Crippen molar-refractivity contribution in [3.05, 3.63) is 0 Å². The summed E-state index contributed by atoms with van der Waals surface area (Å²) >= 11 is -1.55. The zero-order chi connectivity index (χ0) is 14.7. The molecule has 0 aliphatic heterocycles. The fourth-order valence-corrected chi connectivity index (χ4v) is 1.88. The first-order valence-corrected chi connectivity index (χ1v) is 7.97. The Labute approximate surface area is 125 Å². The number of hydroxylamine groups is 1. The van der Waals surface area contributed by atoms with E-state index in [2.05, 4.69) is 0 Å². The summed E-state index contributed by atoms with van der Waals surface area (Å²) in [7, 11) is 1.62. The average molecular weight is 393 g/mol. The van der Waals surface area contributed by atoms with Gasteiger partial charge in [-0.3, -0.25) is 4.84 Å². The van der Waals surface area contributed by atoms with Crippen molar-refractivity contribution >= 4 is 21.5 Å². The van der Waals surface area contributed by atoms with Gasteiger partial charge in [0.1, 0.15) is 6.73 Å². The number of rotatable bonds is 12. The molecular formula is C11H24INO6. The van der Waals surface area contributed by atoms with E-state index in [0.29, 0.717) is 19.1 Å². The Hall–Kier alpha value is 0.290. The van der Waals surface area contributed by atoms with Crippen LogP contribution in [0.4, 0.5) is 0 Å². The topological polar surface area (TPSA) is 77.5 Å². The van der Waals surface area contributed by atoms with Gasteiger partial charge in [0.25, 0.3) is 21.5 Å². The largest absolute Gasteiger partial charge is 0.379 e. The second kappa shape index (κ2) is 12.1. The third kappa shape index (κ3) is 9.77. The van der Waals surface area contributed by atoms with E-state index in [9.17, 15) is 8.18 Å². The van der Waals surface area contributed by atoms with Gasteiger partial charge in [0, 0.05) is 13.7 Å². The fourth-order valence-electron chi connectivity index (χ4n) is 1.21. The molecule has 8 heteroatoms. The van der Waals surface area contributed by atoms with Crippen LogP contribution in [0.2, 0.25) is 0 Å². The third-order valence-electron chi connectivity index (χ3n) is 2.30. The standard InChI is InChI=1S/C11H24INO6/c1-5-17-8-13(12-15)19-11(14)7-18-6-10(16-4)9(2)3/h9-11,14H,5-8H2,1-4H3. The Morgan fingerprint density at radius 2 is 1.95 bits per heavy atom. The van der Waals surface area contributed by atoms with Crippen LogP contribution in [0.15, 0.2) is 0 Å². The van der Waals surface area contributed by atoms with E-state index in [0.717, 1.165) is 3.28 Å². The molecule has 0 bridgehead atoms. The number of hydrogen-bond acceptors (Lipinski definition) is 6. The van der Waals surface area contributed by atoms with E-state index in [-0.39, 0.29) is 19.4 Å². The van der Waals surface area contributed by atoms with Crippen LogP contribution in [-0.4, -0.2) is 54.4 Å². The SMILES string of the molecule is CCOCN(OC(O)COCC(OC)C(C)C)I=O. The van der Waals surface area contributed by atoms with Crippen molar-refractivity contribution in [2.45, 2.75) is 33.2 Å². The minimum atomic E-state index is -1.55. The number of hydrogen-bond donors (Lipinski definition) is 1. The lowest BCUT2D eigenvalue weighted by molar-refractivity contribution is -0.244. The molecule has 0 aromatic rings. The number of nitrogens with zero attached hydrogens (tertiary/aromatic N) is 1. The summed E-state index contributed by atoms with van der Waals surface area (Å²) in [6.45, 7) is 6.77. The first kappa shape index (κ1) is 19.3. The summed E-state index contributed by atoms with van der Waals surface area (Å²) in [6, 6.07) is 0. The third-order valence-corrected chi connectivity index (χ3v) is 3.24. The van der Waals surface area contributed by atoms with E-state index in [1.54, 1.807) is 7.11 Å². The van der Waals surface area contributed by atoms with Crippen molar-refractivity contribution < 1.29 is 27.2 Å². The Bertz CT molecular complexity index is 231. The van der Waals surface area contributed by atoms with E-state index in [1.807, 2.05) is 20.8 Å². The second-order valence-corrected chi connectivity index (χ2v) is 5.59. The molecule has 0 fully saturated rings. The van der Waals surface area contributed by atoms with Crippen LogP contribution in [0.1, 0.15) is 20.8 Å². The van der Waals surface area contributed by atoms with E-state index < -0.39 is 27.8 Å². The monoisotopic (exact) mass is 393 g/mol. The van der Waals surface area contributed by atoms with E-state index in [4.69, 9.17) is 19.0 Å². The van der Waals surface area contributed by atoms with Crippen LogP contribution in [0.5, 0.6) is 0 Å². The molecule has 0 aliphatic carbocycles. The predicted octanol–water partition coefficient (Wildman–Crippen LogP) is 1.45. The van der Waals surface area contributed by atoms with Gasteiger partial charge < -0.3 is 19.3 Å². The molecule has 0 saturated carbocycles. The number of halogens is 1. The molecule has 116 valence electrons. The summed E-state index contributed by atoms with van der Waals surface area (Å²) in [5, 5.41) is 9.57. The van der Waals surface area contributed by atoms with Gasteiger partial charge in [-0.15, -0.1) is 0 Å². The lowest BCUT2D eigenvalue weighted by atomic mass is 10.1. The predicted molar refractivity (Wildman–Crippen MR) is 76.6 cm³/mol. The molecule has 0 amide bonds. The van der Waals surface area contributed by atoms with Crippen molar-refractivity contribution in [3.63, 3.8) is 0 Å². The summed E-state index contributed by atoms with van der Waals surface area (Å²) in [5.41, 5.74) is 0. The van der Waals surface area contributed by atoms with Crippen molar-refractivity contribution in [1.82, 2.24) is 3.28 Å². The summed E-state index contributed by atoms with van der Waals surface area (Å²) in [5.74, 6) is 0.324. The van der Waals surface area contributed by atoms with Gasteiger partial charge in [-0.2, -0.15) is 0 Å². The molecule has 0 spiro atoms. The first-order chi connectivity index (χ1) is 9.04. The zero-order valence-electron chi connectivity index (χ0n) is 11.9. The van der Waals surface area contributed by atoms with Crippen LogP contribution in [0, 0.1) is 5.92 Å². The average Bonchev–Trinajstić information content (AvgIpc) is 2.39. The molecule has 0 rings (SSSR count). The van der Waals surface area contributed by atoms with Gasteiger partial charge in [0.15, 0.2) is 6.29 Å². The Balaban J connectivity index is 3.83. The highest BCUT2D eigenvalue weighted by Crippen LogP contribution is 2.10. The number of aliphatic hydroxyl groups is 1. The van der Waals surface area contributed by atoms with Crippen molar-refractivity contribution in [2.75, 3.05) is 33.7 Å². The van der Waals surface area contributed by atoms with Crippen LogP contribution in [0.3, 0.4) is 0 Å². The summed E-state index contributed by atoms with van der Waals surface area (Å²) in [4.78, 5) is 5.01. The Morgan fingerprint density at radius 3 is 2.42 bits per heavy atom. The lowest BCUT2D eigenvalue weighted by Crippen LogP contribution is -2.31. The normalized spacial score (nSPS) is 15.1. The summed E-state index contributed by atoms with van der Waals surface area (Å²) in [6.07, 6.45) is -1.20. The maximum absolute atomic E-state index is 10.8. The Kier molecular flexibility index (Phi) is 12.2. The van der Waals surface area contributed by atoms with Gasteiger partial charge in [-0.05, 0) is 12.8 Å². The molecule has 7 nitrogen and oxygen atoms in total. The molecule has 0 saturated heterocycles. The van der Waals surface area contributed by atoms with Crippen molar-refractivity contribution in [3.8, 4) is 0 Å². The van der Waals surface area contributed by atoms with Crippen LogP contribution < -0.4 is 0 Å². The smallest absolute Gasteiger partial charge is 0.268 e. The molecule has 19 heavy (non-hydrogen) atoms. The lowest BCUT2D eigenvalue weighted by Gasteiger charge is -2.21. The highest BCUT2D eigenvalue weighted by Gasteiger charge is 2.16. The van der Waals surface area contributed by atoms with Gasteiger partial charge >= 0.3 is 0 Å². The quantitative estimate of drug-likeness (QED) is 0.233. The second-order valence-electron chi connectivity index (χ2n) is 4.12. The molecule has 0 heterocycles. The van der Waals surface area contributed by atoms with E-state index >= 15 is 0 Å². The molecule has 0 aromatic heterocycles. The van der Waals surface area contributed by atoms with Crippen LogP contribution >= 0.6 is 21.5 Å². The maximum atomic E-state index is 10.8. The van der Waals surface area contributed by atoms with Gasteiger partial charge in [0.2, 0.25) is 0 Å². The number of ether oxygens (including phenoxy) is 3. The molecular weight excluding hydrogens is 369 g/mol. The fraction of sp³-hybridized carbons (Fsp3) is 1.00. The molecule has 0 radical (unpaired) electrons. The number of methoxy groups -OCH3 is 1. The minimum Gasteiger partial charge on any atom is -0.379 e. The maximum Gasteiger partial charge on any atom is 0.268 e. The van der Waals surface area contributed by atoms with Crippen LogP contribution in [-0.2, 0) is 22.1 Å². The van der Waals surface area contributed by atoms with Crippen molar-refractivity contribution in [1.29, 1.82) is 0 Å². The minimum absolute atomic E-state index is 0.0149. The molecule has 0 aromatic carbocycles. The zero-order valence-corrected chi connectivity index (χ0v) is 14.0. The van der Waals surface area contributed by atoms with E-state index in [1.165, 1.54) is 0 Å². The first-order valence-electron chi connectivity index (χ1n) is 6.13.